The number of pyridine rings is 2. The first kappa shape index (κ1) is 19.8. The summed E-state index contributed by atoms with van der Waals surface area (Å²) >= 11 is 0. The van der Waals surface area contributed by atoms with Crippen LogP contribution in [-0.4, -0.2) is 45.9 Å². The zero-order valence-electron chi connectivity index (χ0n) is 18.4. The van der Waals surface area contributed by atoms with Crippen LogP contribution in [-0.2, 0) is 6.54 Å². The Bertz CT molecular complexity index is 1350. The van der Waals surface area contributed by atoms with E-state index in [2.05, 4.69) is 30.6 Å². The van der Waals surface area contributed by atoms with Crippen LogP contribution in [0.2, 0.25) is 0 Å². The number of halogens is 1. The van der Waals surface area contributed by atoms with Crippen LogP contribution in [0.5, 0.6) is 0 Å². The van der Waals surface area contributed by atoms with E-state index < -0.39 is 0 Å². The smallest absolute Gasteiger partial charge is 0.157 e. The van der Waals surface area contributed by atoms with Gasteiger partial charge in [-0.05, 0) is 30.3 Å². The van der Waals surface area contributed by atoms with Gasteiger partial charge in [-0.1, -0.05) is 13.0 Å². The van der Waals surface area contributed by atoms with Gasteiger partial charge in [0.15, 0.2) is 5.82 Å². The molecule has 3 aliphatic rings. The maximum atomic E-state index is 16.1. The first-order valence-electron chi connectivity index (χ1n) is 11.0. The summed E-state index contributed by atoms with van der Waals surface area (Å²) in [6.07, 6.45) is 11.0. The number of allylic oxidation sites excluding steroid dienone is 2. The molecule has 3 aromatic rings. The highest BCUT2D eigenvalue weighted by Crippen LogP contribution is 2.38. The minimum Gasteiger partial charge on any atom is -0.373 e. The number of rotatable bonds is 5. The lowest BCUT2D eigenvalue weighted by Gasteiger charge is -2.25. The Morgan fingerprint density at radius 2 is 2.18 bits per heavy atom. The van der Waals surface area contributed by atoms with Crippen molar-refractivity contribution in [3.05, 3.63) is 76.7 Å². The van der Waals surface area contributed by atoms with Gasteiger partial charge in [-0.15, -0.1) is 0 Å². The lowest BCUT2D eigenvalue weighted by molar-refractivity contribution is 0.623. The maximum absolute atomic E-state index is 16.1. The van der Waals surface area contributed by atoms with Gasteiger partial charge in [-0.2, -0.15) is 0 Å². The Balaban J connectivity index is 1.44. The molecule has 0 bridgehead atoms. The van der Waals surface area contributed by atoms with Crippen LogP contribution in [0, 0.1) is 5.82 Å². The number of nitrogens with zero attached hydrogens (tertiary/aromatic N) is 5. The number of aromatic amines is 1. The van der Waals surface area contributed by atoms with Crippen molar-refractivity contribution in [2.24, 2.45) is 4.99 Å². The number of imidazole rings is 1. The van der Waals surface area contributed by atoms with Crippen LogP contribution in [0.4, 0.5) is 10.2 Å². The molecule has 0 aromatic carbocycles. The summed E-state index contributed by atoms with van der Waals surface area (Å²) in [5.41, 5.74) is 5.85. The molecule has 6 rings (SSSR count). The van der Waals surface area contributed by atoms with Crippen molar-refractivity contribution in [3.63, 3.8) is 0 Å². The largest absolute Gasteiger partial charge is 0.373 e. The van der Waals surface area contributed by atoms with E-state index in [4.69, 9.17) is 4.98 Å². The summed E-state index contributed by atoms with van der Waals surface area (Å²) in [7, 11) is 1.86. The maximum Gasteiger partial charge on any atom is 0.157 e. The Kier molecular flexibility index (Phi) is 4.58. The molecule has 0 saturated carbocycles. The van der Waals surface area contributed by atoms with E-state index in [0.29, 0.717) is 47.3 Å². The normalized spacial score (nSPS) is 17.9. The number of aliphatic imine (C=N–C) groups is 1. The van der Waals surface area contributed by atoms with Crippen LogP contribution in [0.25, 0.3) is 17.2 Å². The standard InChI is InChI=1S/C24H23FN8/c1-3-26-8-13-7-14(10-27-9-13)15-11-28-24-18(19(15)25)22(29-12-33(24)2)23-31-17-6-4-5-16-20(30-16)21(17)32-23/h4-7,9-11,20,26,30H,3,8,12H2,1-2H3,(H,31,32). The average molecular weight is 443 g/mol. The SMILES string of the molecule is CCNCc1cncc(-c2cnc3c(c2F)C(c2nc4c([nH]2)C2NC2=CC=C4)=NCN3C)c1. The monoisotopic (exact) mass is 442 g/mol. The fourth-order valence-corrected chi connectivity index (χ4v) is 4.30. The number of nitrogens with one attached hydrogen (secondary N) is 3. The molecule has 33 heavy (non-hydrogen) atoms. The highest BCUT2D eigenvalue weighted by molar-refractivity contribution is 6.15. The zero-order chi connectivity index (χ0) is 22.5. The van der Waals surface area contributed by atoms with E-state index in [1.54, 1.807) is 18.6 Å². The molecule has 3 aromatic heterocycles. The highest BCUT2D eigenvalue weighted by atomic mass is 19.1. The Morgan fingerprint density at radius 1 is 1.27 bits per heavy atom. The van der Waals surface area contributed by atoms with E-state index in [-0.39, 0.29) is 11.9 Å². The van der Waals surface area contributed by atoms with Crippen molar-refractivity contribution in [1.82, 2.24) is 30.6 Å². The van der Waals surface area contributed by atoms with Crippen molar-refractivity contribution in [3.8, 4) is 11.1 Å². The van der Waals surface area contributed by atoms with Gasteiger partial charge in [-0.3, -0.25) is 9.98 Å². The number of aromatic nitrogens is 4. The molecule has 1 atom stereocenters. The van der Waals surface area contributed by atoms with E-state index in [9.17, 15) is 0 Å². The minimum absolute atomic E-state index is 0.127. The van der Waals surface area contributed by atoms with E-state index in [1.807, 2.05) is 43.2 Å². The number of hydrogen-bond acceptors (Lipinski definition) is 7. The van der Waals surface area contributed by atoms with Crippen LogP contribution in [0.3, 0.4) is 0 Å². The Hall–Kier alpha value is -3.85. The first-order chi connectivity index (χ1) is 16.1. The molecule has 8 nitrogen and oxygen atoms in total. The van der Waals surface area contributed by atoms with Crippen LogP contribution in [0.1, 0.15) is 41.3 Å². The van der Waals surface area contributed by atoms with Gasteiger partial charge >= 0.3 is 0 Å². The molecule has 0 radical (unpaired) electrons. The van der Waals surface area contributed by atoms with Crippen LogP contribution in [0.15, 0.2) is 47.5 Å². The Labute approximate surface area is 190 Å². The van der Waals surface area contributed by atoms with E-state index in [0.717, 1.165) is 29.2 Å². The van der Waals surface area contributed by atoms with Gasteiger partial charge < -0.3 is 20.5 Å². The molecule has 1 fully saturated rings. The van der Waals surface area contributed by atoms with E-state index >= 15 is 4.39 Å². The van der Waals surface area contributed by atoms with Crippen LogP contribution >= 0.6 is 0 Å². The third kappa shape index (κ3) is 3.32. The van der Waals surface area contributed by atoms with Gasteiger partial charge in [0.1, 0.15) is 30.1 Å². The third-order valence-electron chi connectivity index (χ3n) is 6.06. The molecule has 1 aliphatic carbocycles. The van der Waals surface area contributed by atoms with Gasteiger partial charge in [0.2, 0.25) is 0 Å². The topological polar surface area (TPSA) is 104 Å². The van der Waals surface area contributed by atoms with Gasteiger partial charge in [0.05, 0.1) is 17.0 Å². The summed E-state index contributed by atoms with van der Waals surface area (Å²) < 4.78 is 16.1. The molecule has 2 aliphatic heterocycles. The van der Waals surface area contributed by atoms with E-state index in [1.165, 1.54) is 0 Å². The third-order valence-corrected chi connectivity index (χ3v) is 6.06. The average Bonchev–Trinajstić information content (AvgIpc) is 3.51. The Morgan fingerprint density at radius 3 is 3.06 bits per heavy atom. The molecular formula is C24H23FN8. The van der Waals surface area contributed by atoms with Gasteiger partial charge in [-0.25, -0.2) is 14.4 Å². The number of fused-ring (bicyclic) bond motifs is 4. The molecule has 1 saturated heterocycles. The molecule has 1 unspecified atom stereocenters. The molecule has 5 heterocycles. The lowest BCUT2D eigenvalue weighted by atomic mass is 10.0. The van der Waals surface area contributed by atoms with Gasteiger partial charge in [0.25, 0.3) is 0 Å². The summed E-state index contributed by atoms with van der Waals surface area (Å²) in [6, 6.07) is 2.07. The second-order valence-electron chi connectivity index (χ2n) is 8.34. The number of anilines is 1. The summed E-state index contributed by atoms with van der Waals surface area (Å²) in [4.78, 5) is 23.5. The second kappa shape index (κ2) is 7.63. The molecule has 9 heteroatoms. The number of H-pyrrole nitrogens is 1. The fourth-order valence-electron chi connectivity index (χ4n) is 4.30. The molecule has 0 amide bonds. The van der Waals surface area contributed by atoms with Crippen molar-refractivity contribution < 1.29 is 4.39 Å². The van der Waals surface area contributed by atoms with Gasteiger partial charge in [0, 0.05) is 49.0 Å². The second-order valence-corrected chi connectivity index (χ2v) is 8.34. The molecule has 0 spiro atoms. The molecule has 166 valence electrons. The summed E-state index contributed by atoms with van der Waals surface area (Å²) in [5.74, 6) is 0.719. The lowest BCUT2D eigenvalue weighted by Crippen LogP contribution is -2.29. The van der Waals surface area contributed by atoms with Crippen LogP contribution < -0.4 is 15.5 Å². The predicted octanol–water partition coefficient (Wildman–Crippen LogP) is 2.92. The summed E-state index contributed by atoms with van der Waals surface area (Å²) in [6.45, 7) is 3.94. The summed E-state index contributed by atoms with van der Waals surface area (Å²) in [5, 5.41) is 6.60. The van der Waals surface area contributed by atoms with Crippen molar-refractivity contribution in [2.45, 2.75) is 19.5 Å². The predicted molar refractivity (Wildman–Crippen MR) is 125 cm³/mol. The van der Waals surface area contributed by atoms with Crippen molar-refractivity contribution >= 4 is 17.6 Å². The van der Waals surface area contributed by atoms with Crippen molar-refractivity contribution in [1.29, 1.82) is 0 Å². The first-order valence-corrected chi connectivity index (χ1v) is 11.0. The fraction of sp³-hybridized carbons (Fsp3) is 0.250. The minimum atomic E-state index is -0.375. The highest BCUT2D eigenvalue weighted by Gasteiger charge is 2.36. The number of hydrogen-bond donors (Lipinski definition) is 3. The van der Waals surface area contributed by atoms with Crippen molar-refractivity contribution in [2.75, 3.05) is 25.2 Å². The molecular weight excluding hydrogens is 419 g/mol. The zero-order valence-corrected chi connectivity index (χ0v) is 18.4. The molecule has 3 N–H and O–H groups in total. The quantitative estimate of drug-likeness (QED) is 0.525.